The Bertz CT molecular complexity index is 577. The average molecular weight is 269 g/mol. The number of hydrogen-bond donors (Lipinski definition) is 1. The molecule has 1 N–H and O–H groups in total. The van der Waals surface area contributed by atoms with E-state index in [2.05, 4.69) is 53.0 Å². The number of likely N-dealkylation sites (tertiary alicyclic amines) is 1. The molecule has 3 rings (SSSR count). The zero-order valence-corrected chi connectivity index (χ0v) is 12.6. The summed E-state index contributed by atoms with van der Waals surface area (Å²) in [5.74, 6) is 0.979. The van der Waals surface area contributed by atoms with Crippen LogP contribution in [0.3, 0.4) is 0 Å². The van der Waals surface area contributed by atoms with Gasteiger partial charge in [-0.2, -0.15) is 0 Å². The van der Waals surface area contributed by atoms with Crippen molar-refractivity contribution in [2.45, 2.75) is 39.7 Å². The second-order valence-electron chi connectivity index (χ2n) is 5.84. The number of aromatic amines is 1. The van der Waals surface area contributed by atoms with E-state index in [4.69, 9.17) is 0 Å². The summed E-state index contributed by atoms with van der Waals surface area (Å²) in [7, 11) is 0. The molecule has 0 unspecified atom stereocenters. The maximum atomic E-state index is 4.57. The van der Waals surface area contributed by atoms with Crippen molar-refractivity contribution < 1.29 is 0 Å². The Morgan fingerprint density at radius 2 is 1.75 bits per heavy atom. The van der Waals surface area contributed by atoms with Crippen LogP contribution >= 0.6 is 0 Å². The van der Waals surface area contributed by atoms with Crippen LogP contribution in [-0.2, 0) is 0 Å². The molecule has 1 aliphatic rings. The van der Waals surface area contributed by atoms with Crippen LogP contribution in [0.4, 0.5) is 0 Å². The number of imidazole rings is 1. The summed E-state index contributed by atoms with van der Waals surface area (Å²) in [6, 6.07) is 9.42. The van der Waals surface area contributed by atoms with Gasteiger partial charge >= 0.3 is 0 Å². The van der Waals surface area contributed by atoms with Gasteiger partial charge < -0.3 is 4.98 Å². The molecule has 3 nitrogen and oxygen atoms in total. The van der Waals surface area contributed by atoms with E-state index in [-0.39, 0.29) is 0 Å². The van der Waals surface area contributed by atoms with Crippen molar-refractivity contribution in [2.24, 2.45) is 0 Å². The third kappa shape index (κ3) is 2.50. The maximum Gasteiger partial charge on any atom is 0.103 e. The molecule has 2 heterocycles. The molecule has 1 fully saturated rings. The van der Waals surface area contributed by atoms with Crippen molar-refractivity contribution in [1.29, 1.82) is 0 Å². The molecule has 20 heavy (non-hydrogen) atoms. The van der Waals surface area contributed by atoms with Gasteiger partial charge in [0.05, 0.1) is 5.69 Å². The van der Waals surface area contributed by atoms with E-state index in [1.807, 2.05) is 6.92 Å². The van der Waals surface area contributed by atoms with E-state index in [1.165, 1.54) is 37.1 Å². The Kier molecular flexibility index (Phi) is 3.62. The quantitative estimate of drug-likeness (QED) is 0.917. The van der Waals surface area contributed by atoms with Gasteiger partial charge in [-0.25, -0.2) is 4.98 Å². The first kappa shape index (κ1) is 13.4. The van der Waals surface area contributed by atoms with Crippen molar-refractivity contribution in [2.75, 3.05) is 13.1 Å². The number of aryl methyl sites for hydroxylation is 2. The fourth-order valence-corrected chi connectivity index (χ4v) is 3.15. The number of aromatic nitrogens is 2. The van der Waals surface area contributed by atoms with Crippen molar-refractivity contribution in [3.8, 4) is 11.3 Å². The van der Waals surface area contributed by atoms with Crippen LogP contribution in [0.25, 0.3) is 11.3 Å². The largest absolute Gasteiger partial charge is 0.346 e. The predicted molar refractivity (Wildman–Crippen MR) is 82.7 cm³/mol. The number of nitrogens with one attached hydrogen (secondary N) is 1. The third-order valence-corrected chi connectivity index (χ3v) is 4.36. The Labute approximate surface area is 121 Å². The molecule has 0 amide bonds. The standard InChI is InChI=1S/C17H23N3/c1-12-17(19-14(3)18-12)16-8-6-15(7-9-16)13(2)20-10-4-5-11-20/h6-9,13H,4-5,10-11H2,1-3H3,(H,18,19)/t13-/m0/s1. The minimum atomic E-state index is 0.522. The number of rotatable bonds is 3. The predicted octanol–water partition coefficient (Wildman–Crippen LogP) is 3.85. The molecule has 3 heteroatoms. The van der Waals surface area contributed by atoms with Crippen molar-refractivity contribution in [3.05, 3.63) is 41.3 Å². The van der Waals surface area contributed by atoms with Crippen LogP contribution in [0, 0.1) is 13.8 Å². The van der Waals surface area contributed by atoms with E-state index < -0.39 is 0 Å². The van der Waals surface area contributed by atoms with Gasteiger partial charge in [0.15, 0.2) is 0 Å². The normalized spacial score (nSPS) is 17.6. The molecule has 0 saturated carbocycles. The molecule has 1 aliphatic heterocycles. The van der Waals surface area contributed by atoms with E-state index >= 15 is 0 Å². The van der Waals surface area contributed by atoms with Crippen molar-refractivity contribution in [1.82, 2.24) is 14.9 Å². The molecule has 0 spiro atoms. The van der Waals surface area contributed by atoms with Gasteiger partial charge in [0, 0.05) is 17.3 Å². The molecule has 1 aromatic carbocycles. The monoisotopic (exact) mass is 269 g/mol. The van der Waals surface area contributed by atoms with Gasteiger partial charge in [0.25, 0.3) is 0 Å². The van der Waals surface area contributed by atoms with Gasteiger partial charge in [-0.15, -0.1) is 0 Å². The zero-order chi connectivity index (χ0) is 14.1. The summed E-state index contributed by atoms with van der Waals surface area (Å²) in [5, 5.41) is 0. The van der Waals surface area contributed by atoms with Crippen LogP contribution in [0.2, 0.25) is 0 Å². The summed E-state index contributed by atoms with van der Waals surface area (Å²) < 4.78 is 0. The Hall–Kier alpha value is -1.61. The topological polar surface area (TPSA) is 31.9 Å². The van der Waals surface area contributed by atoms with Gasteiger partial charge in [-0.1, -0.05) is 24.3 Å². The molecule has 0 aliphatic carbocycles. The summed E-state index contributed by atoms with van der Waals surface area (Å²) in [6.07, 6.45) is 2.68. The van der Waals surface area contributed by atoms with Crippen molar-refractivity contribution in [3.63, 3.8) is 0 Å². The summed E-state index contributed by atoms with van der Waals surface area (Å²) >= 11 is 0. The lowest BCUT2D eigenvalue weighted by atomic mass is 10.0. The summed E-state index contributed by atoms with van der Waals surface area (Å²) in [6.45, 7) is 8.86. The molecule has 0 radical (unpaired) electrons. The summed E-state index contributed by atoms with van der Waals surface area (Å²) in [5.41, 5.74) is 4.82. The lowest BCUT2D eigenvalue weighted by Crippen LogP contribution is -2.23. The zero-order valence-electron chi connectivity index (χ0n) is 12.6. The van der Waals surface area contributed by atoms with Gasteiger partial charge in [-0.05, 0) is 52.3 Å². The molecule has 106 valence electrons. The molecular weight excluding hydrogens is 246 g/mol. The van der Waals surface area contributed by atoms with Crippen LogP contribution in [0.1, 0.15) is 42.9 Å². The van der Waals surface area contributed by atoms with Crippen LogP contribution in [0.15, 0.2) is 24.3 Å². The molecule has 0 bridgehead atoms. The number of H-pyrrole nitrogens is 1. The Balaban J connectivity index is 1.82. The smallest absolute Gasteiger partial charge is 0.103 e. The van der Waals surface area contributed by atoms with E-state index in [0.717, 1.165) is 17.2 Å². The maximum absolute atomic E-state index is 4.57. The summed E-state index contributed by atoms with van der Waals surface area (Å²) in [4.78, 5) is 10.4. The molecule has 1 saturated heterocycles. The van der Waals surface area contributed by atoms with E-state index in [0.29, 0.717) is 6.04 Å². The minimum Gasteiger partial charge on any atom is -0.346 e. The van der Waals surface area contributed by atoms with E-state index in [9.17, 15) is 0 Å². The fourth-order valence-electron chi connectivity index (χ4n) is 3.15. The highest BCUT2D eigenvalue weighted by atomic mass is 15.2. The van der Waals surface area contributed by atoms with E-state index in [1.54, 1.807) is 0 Å². The molecule has 1 aromatic heterocycles. The lowest BCUT2D eigenvalue weighted by molar-refractivity contribution is 0.263. The lowest BCUT2D eigenvalue weighted by Gasteiger charge is -2.24. The molecular formula is C17H23N3. The first-order valence-corrected chi connectivity index (χ1v) is 7.53. The van der Waals surface area contributed by atoms with Crippen molar-refractivity contribution >= 4 is 0 Å². The third-order valence-electron chi connectivity index (χ3n) is 4.36. The second-order valence-corrected chi connectivity index (χ2v) is 5.84. The Morgan fingerprint density at radius 1 is 1.10 bits per heavy atom. The van der Waals surface area contributed by atoms with Crippen LogP contribution in [-0.4, -0.2) is 28.0 Å². The molecule has 1 atom stereocenters. The van der Waals surface area contributed by atoms with Gasteiger partial charge in [0.1, 0.15) is 5.82 Å². The van der Waals surface area contributed by atoms with Gasteiger partial charge in [-0.3, -0.25) is 4.90 Å². The number of hydrogen-bond acceptors (Lipinski definition) is 2. The average Bonchev–Trinajstić information content (AvgIpc) is 3.08. The first-order valence-electron chi connectivity index (χ1n) is 7.53. The minimum absolute atomic E-state index is 0.522. The number of benzene rings is 1. The highest BCUT2D eigenvalue weighted by molar-refractivity contribution is 5.62. The molecule has 2 aromatic rings. The van der Waals surface area contributed by atoms with Crippen LogP contribution in [0.5, 0.6) is 0 Å². The van der Waals surface area contributed by atoms with Crippen LogP contribution < -0.4 is 0 Å². The highest BCUT2D eigenvalue weighted by Gasteiger charge is 2.19. The number of nitrogens with zero attached hydrogens (tertiary/aromatic N) is 2. The fraction of sp³-hybridized carbons (Fsp3) is 0.471. The first-order chi connectivity index (χ1) is 9.65. The SMILES string of the molecule is Cc1nc(-c2ccc([C@H](C)N3CCCC3)cc2)c(C)[nH]1. The highest BCUT2D eigenvalue weighted by Crippen LogP contribution is 2.27. The Morgan fingerprint density at radius 3 is 2.30 bits per heavy atom. The van der Waals surface area contributed by atoms with Gasteiger partial charge in [0.2, 0.25) is 0 Å². The second kappa shape index (κ2) is 5.41.